The fourth-order valence-electron chi connectivity index (χ4n) is 5.33. The van der Waals surface area contributed by atoms with Crippen LogP contribution in [0.5, 0.6) is 5.75 Å². The highest BCUT2D eigenvalue weighted by Crippen LogP contribution is 2.44. The van der Waals surface area contributed by atoms with Crippen LogP contribution in [0.1, 0.15) is 43.4 Å². The minimum Gasteiger partial charge on any atom is -0.497 e. The molecule has 5 heteroatoms. The van der Waals surface area contributed by atoms with Gasteiger partial charge in [-0.15, -0.1) is 0 Å². The molecule has 180 valence electrons. The summed E-state index contributed by atoms with van der Waals surface area (Å²) in [7, 11) is 1.67. The van der Waals surface area contributed by atoms with Crippen LogP contribution >= 0.6 is 0 Å². The maximum atomic E-state index is 13.7. The number of ketones is 1. The number of rotatable bonds is 6. The first-order valence-corrected chi connectivity index (χ1v) is 12.5. The Morgan fingerprint density at radius 2 is 1.54 bits per heavy atom. The highest BCUT2D eigenvalue weighted by molar-refractivity contribution is 5.90. The van der Waals surface area contributed by atoms with Gasteiger partial charge in [-0.05, 0) is 61.4 Å². The van der Waals surface area contributed by atoms with Crippen LogP contribution < -0.4 is 20.3 Å². The fraction of sp³-hybridized carbons (Fsp3) is 0.300. The second kappa shape index (κ2) is 9.87. The number of Topliss-reactive ketones (excluding diaryl/α,β-unsaturated/α-hetero) is 1. The molecule has 5 rings (SSSR count). The van der Waals surface area contributed by atoms with Crippen LogP contribution in [0.25, 0.3) is 0 Å². The van der Waals surface area contributed by atoms with Crippen molar-refractivity contribution < 1.29 is 9.53 Å². The molecule has 0 spiro atoms. The average Bonchev–Trinajstić information content (AvgIpc) is 3.07. The second-order valence-electron chi connectivity index (χ2n) is 9.21. The average molecular weight is 468 g/mol. The van der Waals surface area contributed by atoms with Crippen LogP contribution in [0, 0.1) is 5.92 Å². The van der Waals surface area contributed by atoms with Gasteiger partial charge in [0, 0.05) is 36.8 Å². The number of fused-ring (bicyclic) bond motifs is 2. The fourth-order valence-corrected chi connectivity index (χ4v) is 5.33. The van der Waals surface area contributed by atoms with Gasteiger partial charge in [0.25, 0.3) is 0 Å². The molecule has 0 aromatic heterocycles. The largest absolute Gasteiger partial charge is 0.497 e. The van der Waals surface area contributed by atoms with Gasteiger partial charge in [-0.25, -0.2) is 0 Å². The van der Waals surface area contributed by atoms with Gasteiger partial charge >= 0.3 is 0 Å². The number of hydrogen-bond acceptors (Lipinski definition) is 5. The van der Waals surface area contributed by atoms with Crippen LogP contribution in [0.15, 0.2) is 84.6 Å². The number of para-hydroxylation sites is 2. The summed E-state index contributed by atoms with van der Waals surface area (Å²) in [6, 6.07) is 24.7. The lowest BCUT2D eigenvalue weighted by atomic mass is 9.76. The van der Waals surface area contributed by atoms with E-state index in [4.69, 9.17) is 4.74 Å². The molecular formula is C30H33N3O2. The molecule has 1 aliphatic heterocycles. The summed E-state index contributed by atoms with van der Waals surface area (Å²) in [4.78, 5) is 16.1. The first-order chi connectivity index (χ1) is 17.1. The lowest BCUT2D eigenvalue weighted by Gasteiger charge is -2.32. The van der Waals surface area contributed by atoms with Gasteiger partial charge in [0.05, 0.1) is 30.4 Å². The molecule has 0 unspecified atom stereocenters. The molecule has 1 heterocycles. The Balaban J connectivity index is 1.52. The van der Waals surface area contributed by atoms with Crippen molar-refractivity contribution in [1.29, 1.82) is 0 Å². The first kappa shape index (κ1) is 23.0. The van der Waals surface area contributed by atoms with Crippen molar-refractivity contribution in [3.63, 3.8) is 0 Å². The molecule has 0 saturated heterocycles. The van der Waals surface area contributed by atoms with Gasteiger partial charge < -0.3 is 20.3 Å². The molecule has 5 nitrogen and oxygen atoms in total. The highest BCUT2D eigenvalue weighted by Gasteiger charge is 2.39. The van der Waals surface area contributed by atoms with Gasteiger partial charge in [0.1, 0.15) is 11.5 Å². The molecule has 35 heavy (non-hydrogen) atoms. The van der Waals surface area contributed by atoms with E-state index in [1.54, 1.807) is 7.11 Å². The standard InChI is InChI=1S/C30H33N3O2/c1-4-33(5-2)23-14-10-20(11-15-23)22-18-27-29(28(34)19-22)30(21-12-16-24(35-3)17-13-21)32-26-9-7-6-8-25(26)31-27/h6-18,22,29-32H,4-5,19H2,1-3H3/t22-,29+,30+/m0/s1. The van der Waals surface area contributed by atoms with Crippen molar-refractivity contribution in [3.8, 4) is 5.75 Å². The Morgan fingerprint density at radius 1 is 0.886 bits per heavy atom. The van der Waals surface area contributed by atoms with E-state index in [0.717, 1.165) is 41.5 Å². The highest BCUT2D eigenvalue weighted by atomic mass is 16.5. The molecule has 3 atom stereocenters. The predicted molar refractivity (Wildman–Crippen MR) is 143 cm³/mol. The van der Waals surface area contributed by atoms with Gasteiger partial charge in [0.15, 0.2) is 0 Å². The van der Waals surface area contributed by atoms with E-state index in [-0.39, 0.29) is 23.7 Å². The van der Waals surface area contributed by atoms with E-state index >= 15 is 0 Å². The number of hydrogen-bond donors (Lipinski definition) is 2. The summed E-state index contributed by atoms with van der Waals surface area (Å²) in [5.41, 5.74) is 6.42. The normalized spacial score (nSPS) is 20.9. The van der Waals surface area contributed by atoms with Crippen molar-refractivity contribution in [1.82, 2.24) is 0 Å². The molecule has 2 aliphatic rings. The quantitative estimate of drug-likeness (QED) is 0.441. The zero-order chi connectivity index (χ0) is 24.4. The molecule has 3 aromatic carbocycles. The summed E-state index contributed by atoms with van der Waals surface area (Å²) in [6.07, 6.45) is 2.75. The Bertz CT molecular complexity index is 1210. The number of carbonyl (C=O) groups is 1. The Morgan fingerprint density at radius 3 is 2.20 bits per heavy atom. The van der Waals surface area contributed by atoms with Crippen LogP contribution in [0.4, 0.5) is 17.1 Å². The van der Waals surface area contributed by atoms with Crippen LogP contribution in [-0.4, -0.2) is 26.0 Å². The zero-order valence-electron chi connectivity index (χ0n) is 20.6. The third-order valence-electron chi connectivity index (χ3n) is 7.26. The number of anilines is 3. The van der Waals surface area contributed by atoms with E-state index in [9.17, 15) is 4.79 Å². The first-order valence-electron chi connectivity index (χ1n) is 12.5. The third kappa shape index (κ3) is 4.51. The van der Waals surface area contributed by atoms with Gasteiger partial charge in [0.2, 0.25) is 0 Å². The Kier molecular flexibility index (Phi) is 6.49. The molecule has 0 amide bonds. The number of carbonyl (C=O) groups excluding carboxylic acids is 1. The minimum atomic E-state index is -0.290. The van der Waals surface area contributed by atoms with E-state index in [1.807, 2.05) is 36.4 Å². The summed E-state index contributed by atoms with van der Waals surface area (Å²) < 4.78 is 5.35. The lowest BCUT2D eigenvalue weighted by Crippen LogP contribution is -2.33. The second-order valence-corrected chi connectivity index (χ2v) is 9.21. The Hall–Kier alpha value is -3.73. The zero-order valence-corrected chi connectivity index (χ0v) is 20.6. The number of ether oxygens (including phenoxy) is 1. The summed E-state index contributed by atoms with van der Waals surface area (Å²) >= 11 is 0. The topological polar surface area (TPSA) is 53.6 Å². The molecule has 0 bridgehead atoms. The van der Waals surface area contributed by atoms with E-state index in [1.165, 1.54) is 11.3 Å². The SMILES string of the molecule is CCN(CC)c1ccc([C@H]2C=C3Nc4ccccc4N[C@H](c4ccc(OC)cc4)[C@H]3C(=O)C2)cc1. The predicted octanol–water partition coefficient (Wildman–Crippen LogP) is 6.38. The summed E-state index contributed by atoms with van der Waals surface area (Å²) in [6.45, 7) is 6.30. The number of allylic oxidation sites excluding steroid dienone is 1. The molecular weight excluding hydrogens is 434 g/mol. The Labute approximate surface area is 207 Å². The number of nitrogens with zero attached hydrogens (tertiary/aromatic N) is 1. The van der Waals surface area contributed by atoms with E-state index in [0.29, 0.717) is 6.42 Å². The third-order valence-corrected chi connectivity index (χ3v) is 7.26. The summed E-state index contributed by atoms with van der Waals surface area (Å²) in [5, 5.41) is 7.27. The lowest BCUT2D eigenvalue weighted by molar-refractivity contribution is -0.122. The van der Waals surface area contributed by atoms with Crippen LogP contribution in [-0.2, 0) is 4.79 Å². The van der Waals surface area contributed by atoms with Crippen molar-refractivity contribution in [3.05, 3.63) is 95.7 Å². The molecule has 1 aliphatic carbocycles. The van der Waals surface area contributed by atoms with Crippen LogP contribution in [0.3, 0.4) is 0 Å². The van der Waals surface area contributed by atoms with Gasteiger partial charge in [-0.3, -0.25) is 4.79 Å². The maximum absolute atomic E-state index is 13.7. The molecule has 2 N–H and O–H groups in total. The van der Waals surface area contributed by atoms with Gasteiger partial charge in [-0.2, -0.15) is 0 Å². The van der Waals surface area contributed by atoms with Crippen molar-refractivity contribution in [2.45, 2.75) is 32.2 Å². The van der Waals surface area contributed by atoms with E-state index in [2.05, 4.69) is 71.9 Å². The number of benzene rings is 3. The smallest absolute Gasteiger partial charge is 0.145 e. The monoisotopic (exact) mass is 467 g/mol. The molecule has 0 saturated carbocycles. The van der Waals surface area contributed by atoms with Crippen LogP contribution in [0.2, 0.25) is 0 Å². The minimum absolute atomic E-state index is 0.0498. The summed E-state index contributed by atoms with van der Waals surface area (Å²) in [5.74, 6) is 0.810. The van der Waals surface area contributed by atoms with Crippen molar-refractivity contribution >= 4 is 22.8 Å². The van der Waals surface area contributed by atoms with E-state index < -0.39 is 0 Å². The van der Waals surface area contributed by atoms with Gasteiger partial charge in [-0.1, -0.05) is 42.5 Å². The van der Waals surface area contributed by atoms with Crippen molar-refractivity contribution in [2.75, 3.05) is 35.7 Å². The molecule has 3 aromatic rings. The maximum Gasteiger partial charge on any atom is 0.145 e. The molecule has 0 radical (unpaired) electrons. The van der Waals surface area contributed by atoms with Crippen molar-refractivity contribution in [2.24, 2.45) is 5.92 Å². The molecule has 0 fully saturated rings. The number of methoxy groups -OCH3 is 1. The number of nitrogens with one attached hydrogen (secondary N) is 2.